The zero-order valence-electron chi connectivity index (χ0n) is 6.25. The van der Waals surface area contributed by atoms with E-state index in [2.05, 4.69) is 0 Å². The zero-order chi connectivity index (χ0) is 8.97. The Morgan fingerprint density at radius 3 is 2.75 bits per heavy atom. The molecule has 0 aliphatic heterocycles. The highest BCUT2D eigenvalue weighted by Crippen LogP contribution is 2.06. The average molecular weight is 187 g/mol. The maximum atomic E-state index is 11.0. The van der Waals surface area contributed by atoms with Crippen LogP contribution in [0.4, 0.5) is 0 Å². The predicted octanol–water partition coefficient (Wildman–Crippen LogP) is 0.834. The minimum absolute atomic E-state index is 0.0724. The van der Waals surface area contributed by atoms with Gasteiger partial charge in [0.2, 0.25) is 5.78 Å². The second-order valence-corrected chi connectivity index (χ2v) is 2.52. The van der Waals surface area contributed by atoms with Crippen LogP contribution in [-0.4, -0.2) is 24.1 Å². The fourth-order valence-electron chi connectivity index (χ4n) is 0.750. The van der Waals surface area contributed by atoms with Gasteiger partial charge in [-0.15, -0.1) is 11.6 Å². The fourth-order valence-corrected chi connectivity index (χ4v) is 0.827. The summed E-state index contributed by atoms with van der Waals surface area (Å²) in [6.07, 6.45) is 3.55. The van der Waals surface area contributed by atoms with E-state index in [1.165, 1.54) is 12.2 Å². The van der Waals surface area contributed by atoms with Gasteiger partial charge in [-0.3, -0.25) is 9.59 Å². The second-order valence-electron chi connectivity index (χ2n) is 2.15. The number of carbonyl (C=O) groups excluding carboxylic acids is 2. The summed E-state index contributed by atoms with van der Waals surface area (Å²) in [5.41, 5.74) is 0. The molecule has 0 amide bonds. The number of ketones is 2. The molecule has 0 atom stereocenters. The van der Waals surface area contributed by atoms with Gasteiger partial charge < -0.3 is 4.74 Å². The Morgan fingerprint density at radius 2 is 2.08 bits per heavy atom. The summed E-state index contributed by atoms with van der Waals surface area (Å²) >= 11 is 5.34. The van der Waals surface area contributed by atoms with E-state index < -0.39 is 0 Å². The Balaban J connectivity index is 2.62. The molecule has 0 heterocycles. The van der Waals surface area contributed by atoms with Crippen LogP contribution < -0.4 is 0 Å². The lowest BCUT2D eigenvalue weighted by atomic mass is 10.1. The maximum Gasteiger partial charge on any atom is 0.220 e. The molecule has 4 heteroatoms. The SMILES string of the molecule is O=C1C=CC(=O)C(OCCCl)=C1. The molecule has 0 aromatic carbocycles. The van der Waals surface area contributed by atoms with Gasteiger partial charge in [-0.25, -0.2) is 0 Å². The molecule has 1 rings (SSSR count). The lowest BCUT2D eigenvalue weighted by Crippen LogP contribution is -2.11. The fraction of sp³-hybridized carbons (Fsp3) is 0.250. The third-order valence-corrected chi connectivity index (χ3v) is 1.40. The first-order valence-corrected chi connectivity index (χ1v) is 3.94. The molecule has 64 valence electrons. The van der Waals surface area contributed by atoms with Crippen molar-refractivity contribution < 1.29 is 14.3 Å². The second kappa shape index (κ2) is 4.07. The summed E-state index contributed by atoms with van der Waals surface area (Å²) in [6.45, 7) is 0.236. The van der Waals surface area contributed by atoms with Crippen molar-refractivity contribution in [3.63, 3.8) is 0 Å². The van der Waals surface area contributed by atoms with Crippen LogP contribution >= 0.6 is 11.6 Å². The van der Waals surface area contributed by atoms with Crippen molar-refractivity contribution in [3.05, 3.63) is 24.0 Å². The van der Waals surface area contributed by atoms with Crippen LogP contribution in [0.1, 0.15) is 0 Å². The summed E-state index contributed by atoms with van der Waals surface area (Å²) < 4.78 is 4.92. The standard InChI is InChI=1S/C8H7ClO3/c9-3-4-12-8-5-6(10)1-2-7(8)11/h1-2,5H,3-4H2. The van der Waals surface area contributed by atoms with Gasteiger partial charge in [0.05, 0.1) is 5.88 Å². The van der Waals surface area contributed by atoms with Crippen LogP contribution in [0.5, 0.6) is 0 Å². The number of halogens is 1. The molecule has 0 saturated carbocycles. The molecule has 1 aliphatic carbocycles. The lowest BCUT2D eigenvalue weighted by molar-refractivity contribution is -0.117. The third kappa shape index (κ3) is 2.20. The number of ether oxygens (including phenoxy) is 1. The van der Waals surface area contributed by atoms with Gasteiger partial charge in [0.1, 0.15) is 6.61 Å². The molecule has 1 aliphatic rings. The van der Waals surface area contributed by atoms with E-state index in [0.29, 0.717) is 5.88 Å². The minimum Gasteiger partial charge on any atom is -0.488 e. The van der Waals surface area contributed by atoms with Gasteiger partial charge in [-0.1, -0.05) is 0 Å². The topological polar surface area (TPSA) is 43.4 Å². The van der Waals surface area contributed by atoms with Crippen LogP contribution in [-0.2, 0) is 14.3 Å². The molecule has 0 aromatic heterocycles. The molecular formula is C8H7ClO3. The Hall–Kier alpha value is -1.09. The Labute approximate surface area is 74.6 Å². The van der Waals surface area contributed by atoms with Gasteiger partial charge in [0.15, 0.2) is 11.5 Å². The first-order valence-electron chi connectivity index (χ1n) is 3.41. The first kappa shape index (κ1) is 9.00. The average Bonchev–Trinajstić information content (AvgIpc) is 2.07. The molecule has 0 fully saturated rings. The molecule has 0 unspecified atom stereocenters. The summed E-state index contributed by atoms with van der Waals surface area (Å²) in [5, 5.41) is 0. The van der Waals surface area contributed by atoms with Crippen molar-refractivity contribution in [2.24, 2.45) is 0 Å². The highest BCUT2D eigenvalue weighted by atomic mass is 35.5. The van der Waals surface area contributed by atoms with Crippen LogP contribution in [0.3, 0.4) is 0 Å². The monoisotopic (exact) mass is 186 g/mol. The molecule has 12 heavy (non-hydrogen) atoms. The predicted molar refractivity (Wildman–Crippen MR) is 43.9 cm³/mol. The van der Waals surface area contributed by atoms with Crippen molar-refractivity contribution in [2.75, 3.05) is 12.5 Å². The van der Waals surface area contributed by atoms with Crippen molar-refractivity contribution in [3.8, 4) is 0 Å². The summed E-state index contributed by atoms with van der Waals surface area (Å²) in [5.74, 6) is -0.162. The Bertz CT molecular complexity index is 265. The van der Waals surface area contributed by atoms with E-state index in [1.807, 2.05) is 0 Å². The molecule has 0 bridgehead atoms. The van der Waals surface area contributed by atoms with E-state index in [9.17, 15) is 9.59 Å². The van der Waals surface area contributed by atoms with Gasteiger partial charge in [0, 0.05) is 6.08 Å². The Morgan fingerprint density at radius 1 is 1.33 bits per heavy atom. The van der Waals surface area contributed by atoms with Crippen LogP contribution in [0.15, 0.2) is 24.0 Å². The summed E-state index contributed by atoms with van der Waals surface area (Å²) in [6, 6.07) is 0. The molecule has 0 aromatic rings. The quantitative estimate of drug-likeness (QED) is 0.485. The molecule has 0 spiro atoms. The van der Waals surface area contributed by atoms with E-state index in [-0.39, 0.29) is 23.9 Å². The zero-order valence-corrected chi connectivity index (χ0v) is 7.00. The van der Waals surface area contributed by atoms with E-state index in [1.54, 1.807) is 0 Å². The highest BCUT2D eigenvalue weighted by molar-refractivity contribution is 6.18. The van der Waals surface area contributed by atoms with Gasteiger partial charge in [-0.2, -0.15) is 0 Å². The van der Waals surface area contributed by atoms with Gasteiger partial charge >= 0.3 is 0 Å². The number of allylic oxidation sites excluding steroid dienone is 3. The van der Waals surface area contributed by atoms with Gasteiger partial charge in [0.25, 0.3) is 0 Å². The van der Waals surface area contributed by atoms with Crippen molar-refractivity contribution in [2.45, 2.75) is 0 Å². The number of carbonyl (C=O) groups is 2. The molecule has 0 saturated heterocycles. The summed E-state index contributed by atoms with van der Waals surface area (Å²) in [7, 11) is 0. The van der Waals surface area contributed by atoms with Gasteiger partial charge in [-0.05, 0) is 12.2 Å². The molecule has 0 radical (unpaired) electrons. The maximum absolute atomic E-state index is 11.0. The number of hydrogen-bond acceptors (Lipinski definition) is 3. The number of rotatable bonds is 3. The normalized spacial score (nSPS) is 16.2. The molecule has 3 nitrogen and oxygen atoms in total. The van der Waals surface area contributed by atoms with E-state index in [0.717, 1.165) is 6.08 Å². The Kier molecular flexibility index (Phi) is 3.05. The van der Waals surface area contributed by atoms with E-state index >= 15 is 0 Å². The largest absolute Gasteiger partial charge is 0.488 e. The molecule has 0 N–H and O–H groups in total. The van der Waals surface area contributed by atoms with Crippen molar-refractivity contribution in [1.82, 2.24) is 0 Å². The number of alkyl halides is 1. The van der Waals surface area contributed by atoms with E-state index in [4.69, 9.17) is 16.3 Å². The minimum atomic E-state index is -0.292. The van der Waals surface area contributed by atoms with Crippen molar-refractivity contribution in [1.29, 1.82) is 0 Å². The van der Waals surface area contributed by atoms with Crippen LogP contribution in [0, 0.1) is 0 Å². The lowest BCUT2D eigenvalue weighted by Gasteiger charge is -2.07. The van der Waals surface area contributed by atoms with Crippen LogP contribution in [0.25, 0.3) is 0 Å². The first-order chi connectivity index (χ1) is 5.74. The smallest absolute Gasteiger partial charge is 0.220 e. The van der Waals surface area contributed by atoms with Crippen LogP contribution in [0.2, 0.25) is 0 Å². The highest BCUT2D eigenvalue weighted by Gasteiger charge is 2.13. The number of hydrogen-bond donors (Lipinski definition) is 0. The summed E-state index contributed by atoms with van der Waals surface area (Å²) in [4.78, 5) is 21.7. The molecular weight excluding hydrogens is 180 g/mol. The van der Waals surface area contributed by atoms with Crippen molar-refractivity contribution >= 4 is 23.2 Å². The third-order valence-electron chi connectivity index (χ3n) is 1.25.